The van der Waals surface area contributed by atoms with Gasteiger partial charge in [0.15, 0.2) is 0 Å². The molecule has 0 bridgehead atoms. The van der Waals surface area contributed by atoms with Gasteiger partial charge in [0.25, 0.3) is 0 Å². The summed E-state index contributed by atoms with van der Waals surface area (Å²) in [5.41, 5.74) is 0.320. The second-order valence-corrected chi connectivity index (χ2v) is 10.6. The van der Waals surface area contributed by atoms with Gasteiger partial charge in [-0.15, -0.1) is 0 Å². The third kappa shape index (κ3) is 6.94. The van der Waals surface area contributed by atoms with E-state index in [1.54, 1.807) is 0 Å². The smallest absolute Gasteiger partial charge is 0.244 e. The zero-order valence-corrected chi connectivity index (χ0v) is 18.8. The first-order chi connectivity index (χ1) is 14.4. The normalized spacial score (nSPS) is 20.6. The van der Waals surface area contributed by atoms with Crippen molar-refractivity contribution in [1.29, 1.82) is 5.26 Å². The van der Waals surface area contributed by atoms with Gasteiger partial charge in [-0.2, -0.15) is 9.57 Å². The van der Waals surface area contributed by atoms with Crippen LogP contribution < -0.4 is 5.32 Å². The van der Waals surface area contributed by atoms with Gasteiger partial charge in [-0.25, -0.2) is 8.42 Å². The highest BCUT2D eigenvalue weighted by molar-refractivity contribution is 7.89. The molecule has 1 unspecified atom stereocenters. The lowest BCUT2D eigenvalue weighted by Crippen LogP contribution is -2.50. The quantitative estimate of drug-likeness (QED) is 0.598. The zero-order valence-electron chi connectivity index (χ0n) is 17.3. The van der Waals surface area contributed by atoms with E-state index >= 15 is 0 Å². The van der Waals surface area contributed by atoms with E-state index in [0.29, 0.717) is 25.1 Å². The van der Waals surface area contributed by atoms with Crippen molar-refractivity contribution in [2.75, 3.05) is 13.1 Å². The molecular weight excluding hydrogens is 446 g/mol. The van der Waals surface area contributed by atoms with Gasteiger partial charge in [0.05, 0.1) is 16.7 Å². The minimum atomic E-state index is -3.81. The number of halogens is 1. The van der Waals surface area contributed by atoms with Crippen LogP contribution in [0.15, 0.2) is 23.1 Å². The average molecular weight is 484 g/mol. The maximum Gasteiger partial charge on any atom is 0.244 e. The number of hydrogen-bond acceptors (Lipinski definition) is 4. The minimum absolute atomic E-state index is 0. The first kappa shape index (κ1) is 28.4. The van der Waals surface area contributed by atoms with Crippen LogP contribution in [0.3, 0.4) is 0 Å². The Labute approximate surface area is 199 Å². The highest BCUT2D eigenvalue weighted by Gasteiger charge is 2.35. The summed E-state index contributed by atoms with van der Waals surface area (Å²) in [6.45, 7) is 0.727. The van der Waals surface area contributed by atoms with Crippen LogP contribution >= 0.6 is 11.6 Å². The van der Waals surface area contributed by atoms with Crippen molar-refractivity contribution >= 4 is 27.5 Å². The maximum absolute atomic E-state index is 13.3. The number of amides is 1. The minimum Gasteiger partial charge on any atom is -0.354 e. The van der Waals surface area contributed by atoms with Crippen molar-refractivity contribution in [2.24, 2.45) is 5.92 Å². The van der Waals surface area contributed by atoms with Gasteiger partial charge in [-0.3, -0.25) is 4.79 Å². The molecule has 2 fully saturated rings. The number of sulfonamides is 1. The number of nitrogens with one attached hydrogen (secondary N) is 1. The number of carbonyl (C=O) groups is 1. The Balaban J connectivity index is 0.00000256. The summed E-state index contributed by atoms with van der Waals surface area (Å²) in [7, 11) is -3.81. The van der Waals surface area contributed by atoms with E-state index in [1.807, 2.05) is 6.07 Å². The number of hydrogen-bond donors (Lipinski definition) is 1. The number of carbonyl (C=O) groups excluding carboxylic acids is 1. The van der Waals surface area contributed by atoms with E-state index in [1.165, 1.54) is 41.8 Å². The summed E-state index contributed by atoms with van der Waals surface area (Å²) < 4.78 is 28.1. The first-order valence-electron chi connectivity index (χ1n) is 10.9. The van der Waals surface area contributed by atoms with Crippen LogP contribution in [0.25, 0.3) is 0 Å². The third-order valence-electron chi connectivity index (χ3n) is 6.21. The van der Waals surface area contributed by atoms with Crippen molar-refractivity contribution in [2.45, 2.75) is 90.0 Å². The van der Waals surface area contributed by atoms with E-state index in [2.05, 4.69) is 5.32 Å². The first-order valence-corrected chi connectivity index (χ1v) is 12.7. The lowest BCUT2D eigenvalue weighted by molar-refractivity contribution is -0.125. The Bertz CT molecular complexity index is 890. The predicted octanol–water partition coefficient (Wildman–Crippen LogP) is 5.50. The molecule has 1 saturated carbocycles. The van der Waals surface area contributed by atoms with Crippen LogP contribution in [0.1, 0.15) is 84.6 Å². The Morgan fingerprint density at radius 2 is 1.69 bits per heavy atom. The van der Waals surface area contributed by atoms with E-state index in [4.69, 9.17) is 16.9 Å². The molecule has 1 aromatic rings. The van der Waals surface area contributed by atoms with Gasteiger partial charge < -0.3 is 5.32 Å². The highest BCUT2D eigenvalue weighted by atomic mass is 35.5. The van der Waals surface area contributed by atoms with E-state index < -0.39 is 10.0 Å². The molecule has 0 radical (unpaired) electrons. The van der Waals surface area contributed by atoms with Crippen LogP contribution in [0.4, 0.5) is 0 Å². The molecule has 1 saturated heterocycles. The molecule has 3 rings (SSSR count). The largest absolute Gasteiger partial charge is 0.354 e. The molecule has 1 heterocycles. The summed E-state index contributed by atoms with van der Waals surface area (Å²) in [6, 6.07) is 5.93. The number of nitriles is 1. The van der Waals surface area contributed by atoms with Crippen LogP contribution in [0.5, 0.6) is 0 Å². The molecule has 1 amide bonds. The number of piperidine rings is 1. The Hall–Kier alpha value is -1.62. The predicted molar refractivity (Wildman–Crippen MR) is 130 cm³/mol. The van der Waals surface area contributed by atoms with Crippen molar-refractivity contribution in [3.63, 3.8) is 0 Å². The molecule has 1 aromatic carbocycles. The van der Waals surface area contributed by atoms with E-state index in [0.717, 1.165) is 38.5 Å². The van der Waals surface area contributed by atoms with Crippen LogP contribution in [-0.4, -0.2) is 37.8 Å². The van der Waals surface area contributed by atoms with Gasteiger partial charge in [-0.05, 0) is 43.9 Å². The molecular formula is C24H38ClN3O3S. The zero-order chi connectivity index (χ0) is 21.6. The lowest BCUT2D eigenvalue weighted by Gasteiger charge is -2.35. The van der Waals surface area contributed by atoms with Crippen molar-refractivity contribution in [1.82, 2.24) is 9.62 Å². The molecule has 180 valence electrons. The molecule has 8 heteroatoms. The van der Waals surface area contributed by atoms with Gasteiger partial charge in [0.1, 0.15) is 4.90 Å². The van der Waals surface area contributed by atoms with Gasteiger partial charge >= 0.3 is 0 Å². The van der Waals surface area contributed by atoms with Crippen LogP contribution in [0.2, 0.25) is 5.02 Å². The molecule has 6 nitrogen and oxygen atoms in total. The van der Waals surface area contributed by atoms with Gasteiger partial charge in [0.2, 0.25) is 15.9 Å². The number of nitrogens with zero attached hydrogens (tertiary/aromatic N) is 2. The second-order valence-electron chi connectivity index (χ2n) is 8.31. The summed E-state index contributed by atoms with van der Waals surface area (Å²) >= 11 is 6.19. The van der Waals surface area contributed by atoms with Crippen molar-refractivity contribution in [3.05, 3.63) is 28.8 Å². The highest BCUT2D eigenvalue weighted by Crippen LogP contribution is 2.30. The number of benzene rings is 1. The summed E-state index contributed by atoms with van der Waals surface area (Å²) in [5.74, 6) is 0.0862. The third-order valence-corrected chi connectivity index (χ3v) is 8.64. The fraction of sp³-hybridized carbons (Fsp3) is 0.667. The summed E-state index contributed by atoms with van der Waals surface area (Å²) in [4.78, 5) is 12.7. The summed E-state index contributed by atoms with van der Waals surface area (Å²) in [6.07, 6.45) is 10.0. The van der Waals surface area contributed by atoms with Crippen molar-refractivity contribution < 1.29 is 13.2 Å². The molecule has 1 aliphatic carbocycles. The molecule has 32 heavy (non-hydrogen) atoms. The Morgan fingerprint density at radius 1 is 1.06 bits per heavy atom. The summed E-state index contributed by atoms with van der Waals surface area (Å²) in [5, 5.41) is 12.1. The van der Waals surface area contributed by atoms with E-state index in [9.17, 15) is 13.2 Å². The molecule has 0 aromatic heterocycles. The molecule has 1 aliphatic heterocycles. The maximum atomic E-state index is 13.3. The van der Waals surface area contributed by atoms with Crippen molar-refractivity contribution in [3.8, 4) is 6.07 Å². The monoisotopic (exact) mass is 483 g/mol. The molecule has 0 spiro atoms. The van der Waals surface area contributed by atoms with Gasteiger partial charge in [0, 0.05) is 25.0 Å². The van der Waals surface area contributed by atoms with Crippen LogP contribution in [0, 0.1) is 17.2 Å². The average Bonchev–Trinajstić information content (AvgIpc) is 2.71. The van der Waals surface area contributed by atoms with E-state index in [-0.39, 0.29) is 42.6 Å². The molecule has 1 atom stereocenters. The topological polar surface area (TPSA) is 90.3 Å². The van der Waals surface area contributed by atoms with Crippen LogP contribution in [-0.2, 0) is 14.8 Å². The molecule has 2 aliphatic rings. The number of rotatable bonds is 5. The standard InChI is InChI=1S/C22H30ClN3O3S.2CH4/c23-20-14-17(15-24)11-12-21(20)30(28,29)26-13-7-6-10-19(26)16-25-22(27)18-8-4-2-1-3-5-9-18;;/h11-12,14,18-19H,1-10,13,16H2,(H,25,27);2*1H4. The SMILES string of the molecule is C.C.N#Cc1ccc(S(=O)(=O)N2CCCCC2CNC(=O)C2CCCCCCC2)c(Cl)c1. The van der Waals surface area contributed by atoms with Gasteiger partial charge in [-0.1, -0.05) is 65.0 Å². The fourth-order valence-electron chi connectivity index (χ4n) is 4.48. The lowest BCUT2D eigenvalue weighted by atomic mass is 9.90. The molecule has 1 N–H and O–H groups in total. The Kier molecular flexibility index (Phi) is 11.7. The second kappa shape index (κ2) is 13.2. The Morgan fingerprint density at radius 3 is 2.31 bits per heavy atom. The fourth-order valence-corrected chi connectivity index (χ4v) is 6.69.